The summed E-state index contributed by atoms with van der Waals surface area (Å²) in [7, 11) is 0. The Balaban J connectivity index is 1.82. The van der Waals surface area contributed by atoms with Gasteiger partial charge in [0.05, 0.1) is 11.7 Å². The molecule has 1 spiro atoms. The molecule has 0 N–H and O–H groups in total. The Labute approximate surface area is 108 Å². The zero-order valence-corrected chi connectivity index (χ0v) is 12.1. The Bertz CT molecular complexity index is 207. The van der Waals surface area contributed by atoms with E-state index in [0.29, 0.717) is 11.7 Å². The van der Waals surface area contributed by atoms with Gasteiger partial charge < -0.3 is 4.74 Å². The molecule has 2 heteroatoms. The van der Waals surface area contributed by atoms with Gasteiger partial charge in [0.1, 0.15) is 0 Å². The molecule has 1 saturated carbocycles. The second kappa shape index (κ2) is 5.86. The molecule has 1 nitrogen and oxygen atoms in total. The summed E-state index contributed by atoms with van der Waals surface area (Å²) in [5, 5.41) is 1.14. The van der Waals surface area contributed by atoms with Gasteiger partial charge in [-0.2, -0.15) is 0 Å². The molecule has 0 aromatic heterocycles. The van der Waals surface area contributed by atoms with Gasteiger partial charge in [-0.15, -0.1) is 0 Å². The average Bonchev–Trinajstić information content (AvgIpc) is 2.70. The van der Waals surface area contributed by atoms with E-state index in [1.54, 1.807) is 0 Å². The lowest BCUT2D eigenvalue weighted by Crippen LogP contribution is -2.32. The van der Waals surface area contributed by atoms with Gasteiger partial charge in [-0.3, -0.25) is 0 Å². The summed E-state index contributed by atoms with van der Waals surface area (Å²) < 4.78 is 6.40. The van der Waals surface area contributed by atoms with Crippen LogP contribution in [0.3, 0.4) is 0 Å². The van der Waals surface area contributed by atoms with Crippen molar-refractivity contribution in [1.82, 2.24) is 0 Å². The minimum Gasteiger partial charge on any atom is -0.372 e. The summed E-state index contributed by atoms with van der Waals surface area (Å²) in [5.41, 5.74) is 0.313. The molecule has 16 heavy (non-hydrogen) atoms. The van der Waals surface area contributed by atoms with Crippen molar-refractivity contribution in [3.05, 3.63) is 0 Å². The first kappa shape index (κ1) is 12.9. The monoisotopic (exact) mass is 288 g/mol. The second-order valence-corrected chi connectivity index (χ2v) is 6.33. The average molecular weight is 289 g/mol. The number of hydrogen-bond acceptors (Lipinski definition) is 1. The molecule has 94 valence electrons. The summed E-state index contributed by atoms with van der Waals surface area (Å²) in [6, 6.07) is 0. The van der Waals surface area contributed by atoms with E-state index < -0.39 is 0 Å². The van der Waals surface area contributed by atoms with Crippen molar-refractivity contribution in [1.29, 1.82) is 0 Å². The number of rotatable bonds is 4. The maximum Gasteiger partial charge on any atom is 0.0687 e. The fraction of sp³-hybridized carbons (Fsp3) is 1.00. The van der Waals surface area contributed by atoms with E-state index in [1.807, 2.05) is 0 Å². The SMILES string of the molecule is CCC(CBr)CC1CCC2(CCCCC2)O1. The van der Waals surface area contributed by atoms with Crippen LogP contribution in [0.2, 0.25) is 0 Å². The smallest absolute Gasteiger partial charge is 0.0687 e. The molecule has 0 amide bonds. The van der Waals surface area contributed by atoms with Crippen LogP contribution >= 0.6 is 15.9 Å². The standard InChI is InChI=1S/C14H25BrO/c1-2-12(11-15)10-13-6-9-14(16-13)7-4-3-5-8-14/h12-13H,2-11H2,1H3. The van der Waals surface area contributed by atoms with Crippen molar-refractivity contribution in [2.24, 2.45) is 5.92 Å². The van der Waals surface area contributed by atoms with Gasteiger partial charge in [0.2, 0.25) is 0 Å². The zero-order valence-electron chi connectivity index (χ0n) is 10.5. The summed E-state index contributed by atoms with van der Waals surface area (Å²) in [6.45, 7) is 2.29. The van der Waals surface area contributed by atoms with Gasteiger partial charge in [-0.25, -0.2) is 0 Å². The minimum absolute atomic E-state index is 0.313. The third-order valence-electron chi connectivity index (χ3n) is 4.50. The quantitative estimate of drug-likeness (QED) is 0.683. The van der Waals surface area contributed by atoms with Crippen molar-refractivity contribution in [3.63, 3.8) is 0 Å². The molecule has 2 rings (SSSR count). The fourth-order valence-electron chi connectivity index (χ4n) is 3.34. The Hall–Kier alpha value is 0.440. The number of halogens is 1. The van der Waals surface area contributed by atoms with Gasteiger partial charge in [-0.05, 0) is 38.0 Å². The third-order valence-corrected chi connectivity index (χ3v) is 5.41. The minimum atomic E-state index is 0.313. The van der Waals surface area contributed by atoms with E-state index in [-0.39, 0.29) is 0 Å². The first-order valence-electron chi connectivity index (χ1n) is 7.02. The molecule has 2 fully saturated rings. The van der Waals surface area contributed by atoms with Crippen LogP contribution < -0.4 is 0 Å². The summed E-state index contributed by atoms with van der Waals surface area (Å²) >= 11 is 3.62. The highest BCUT2D eigenvalue weighted by Gasteiger charge is 2.40. The fourth-order valence-corrected chi connectivity index (χ4v) is 4.06. The molecule has 2 unspecified atom stereocenters. The maximum absolute atomic E-state index is 6.40. The highest BCUT2D eigenvalue weighted by Crippen LogP contribution is 2.43. The largest absolute Gasteiger partial charge is 0.372 e. The van der Waals surface area contributed by atoms with Crippen molar-refractivity contribution in [3.8, 4) is 0 Å². The Kier molecular flexibility index (Phi) is 4.72. The predicted octanol–water partition coefficient (Wildman–Crippen LogP) is 4.68. The summed E-state index contributed by atoms with van der Waals surface area (Å²) in [4.78, 5) is 0. The molecular formula is C14H25BrO. The molecule has 1 aliphatic heterocycles. The van der Waals surface area contributed by atoms with E-state index in [0.717, 1.165) is 11.2 Å². The lowest BCUT2D eigenvalue weighted by Gasteiger charge is -2.33. The normalized spacial score (nSPS) is 30.8. The molecule has 0 aromatic carbocycles. The second-order valence-electron chi connectivity index (χ2n) is 5.69. The zero-order chi connectivity index (χ0) is 11.4. The first-order chi connectivity index (χ1) is 7.78. The molecule has 2 aliphatic rings. The lowest BCUT2D eigenvalue weighted by atomic mass is 9.83. The Morgan fingerprint density at radius 3 is 2.62 bits per heavy atom. The molecule has 0 radical (unpaired) electrons. The van der Waals surface area contributed by atoms with Crippen LogP contribution in [-0.4, -0.2) is 17.0 Å². The van der Waals surface area contributed by atoms with Crippen LogP contribution in [0.15, 0.2) is 0 Å². The van der Waals surface area contributed by atoms with Crippen molar-refractivity contribution in [2.75, 3.05) is 5.33 Å². The lowest BCUT2D eigenvalue weighted by molar-refractivity contribution is -0.0691. The number of hydrogen-bond donors (Lipinski definition) is 0. The highest BCUT2D eigenvalue weighted by atomic mass is 79.9. The van der Waals surface area contributed by atoms with Crippen molar-refractivity contribution >= 4 is 15.9 Å². The predicted molar refractivity (Wildman–Crippen MR) is 72.1 cm³/mol. The molecule has 0 bridgehead atoms. The molecule has 2 atom stereocenters. The Morgan fingerprint density at radius 2 is 2.00 bits per heavy atom. The third kappa shape index (κ3) is 3.01. The number of ether oxygens (including phenoxy) is 1. The van der Waals surface area contributed by atoms with Crippen LogP contribution in [0.5, 0.6) is 0 Å². The van der Waals surface area contributed by atoms with E-state index in [9.17, 15) is 0 Å². The van der Waals surface area contributed by atoms with Gasteiger partial charge in [0, 0.05) is 5.33 Å². The molecule has 1 saturated heterocycles. The van der Waals surface area contributed by atoms with E-state index in [2.05, 4.69) is 22.9 Å². The summed E-state index contributed by atoms with van der Waals surface area (Å²) in [5.74, 6) is 0.809. The van der Waals surface area contributed by atoms with Crippen LogP contribution in [0.25, 0.3) is 0 Å². The molecule has 0 aromatic rings. The van der Waals surface area contributed by atoms with E-state index in [1.165, 1.54) is 57.8 Å². The van der Waals surface area contributed by atoms with Crippen molar-refractivity contribution in [2.45, 2.75) is 76.4 Å². The van der Waals surface area contributed by atoms with Gasteiger partial charge in [0.15, 0.2) is 0 Å². The highest BCUT2D eigenvalue weighted by molar-refractivity contribution is 9.09. The molecule has 1 heterocycles. The van der Waals surface area contributed by atoms with Gasteiger partial charge in [0.25, 0.3) is 0 Å². The van der Waals surface area contributed by atoms with Crippen molar-refractivity contribution < 1.29 is 4.74 Å². The van der Waals surface area contributed by atoms with Crippen LogP contribution in [0, 0.1) is 5.92 Å². The van der Waals surface area contributed by atoms with Gasteiger partial charge >= 0.3 is 0 Å². The maximum atomic E-state index is 6.40. The Morgan fingerprint density at radius 1 is 1.25 bits per heavy atom. The van der Waals surface area contributed by atoms with E-state index >= 15 is 0 Å². The topological polar surface area (TPSA) is 9.23 Å². The van der Waals surface area contributed by atoms with Crippen LogP contribution in [0.1, 0.15) is 64.7 Å². The van der Waals surface area contributed by atoms with Crippen LogP contribution in [-0.2, 0) is 4.74 Å². The van der Waals surface area contributed by atoms with Crippen LogP contribution in [0.4, 0.5) is 0 Å². The van der Waals surface area contributed by atoms with E-state index in [4.69, 9.17) is 4.74 Å². The number of alkyl halides is 1. The van der Waals surface area contributed by atoms with Gasteiger partial charge in [-0.1, -0.05) is 48.5 Å². The summed E-state index contributed by atoms with van der Waals surface area (Å²) in [6.07, 6.45) is 12.6. The molecular weight excluding hydrogens is 264 g/mol. The molecule has 1 aliphatic carbocycles. The first-order valence-corrected chi connectivity index (χ1v) is 8.14.